The van der Waals surface area contributed by atoms with E-state index >= 15 is 0 Å². The van der Waals surface area contributed by atoms with Crippen molar-refractivity contribution in [2.75, 3.05) is 26.7 Å². The van der Waals surface area contributed by atoms with Crippen molar-refractivity contribution in [2.24, 2.45) is 0 Å². The van der Waals surface area contributed by atoms with E-state index in [-0.39, 0.29) is 6.04 Å². The first-order chi connectivity index (χ1) is 14.7. The third-order valence-electron chi connectivity index (χ3n) is 5.98. The number of nitrogens with zero attached hydrogens (tertiary/aromatic N) is 6. The highest BCUT2D eigenvalue weighted by atomic mass is 15.4. The summed E-state index contributed by atoms with van der Waals surface area (Å²) in [6, 6.07) is 19.2. The lowest BCUT2D eigenvalue weighted by molar-refractivity contribution is 0.0881. The molecule has 3 aromatic heterocycles. The molecule has 1 atom stereocenters. The average molecular weight is 399 g/mol. The molecule has 4 heterocycles. The van der Waals surface area contributed by atoms with E-state index in [1.807, 2.05) is 22.8 Å². The van der Waals surface area contributed by atoms with Gasteiger partial charge in [-0.25, -0.2) is 4.52 Å². The Morgan fingerprint density at radius 1 is 0.967 bits per heavy atom. The maximum Gasteiger partial charge on any atom is 0.109 e. The van der Waals surface area contributed by atoms with Crippen LogP contribution in [0.15, 0.2) is 67.0 Å². The molecule has 30 heavy (non-hydrogen) atoms. The summed E-state index contributed by atoms with van der Waals surface area (Å²) in [5, 5.41) is 9.04. The molecule has 6 heteroatoms. The quantitative estimate of drug-likeness (QED) is 0.526. The highest BCUT2D eigenvalue weighted by molar-refractivity contribution is 5.66. The fraction of sp³-hybridized carbons (Fsp3) is 0.292. The normalized spacial score (nSPS) is 18.1. The first-order valence-electron chi connectivity index (χ1n) is 10.4. The second kappa shape index (κ2) is 7.97. The number of hydrogen-bond acceptors (Lipinski definition) is 5. The lowest BCUT2D eigenvalue weighted by Crippen LogP contribution is -2.46. The Balaban J connectivity index is 1.41. The van der Waals surface area contributed by atoms with E-state index in [2.05, 4.69) is 87.7 Å². The van der Waals surface area contributed by atoms with E-state index in [0.717, 1.165) is 48.6 Å². The standard InChI is InChI=1S/C24H26N6/c1-18-6-8-19(9-7-18)20-10-11-22-24(26-27-30(22)15-20)23-17-29(14-13-28(23)2)16-21-5-3-4-12-25-21/h3-12,15,23H,13-14,16-17H2,1-2H3/t23-/m0/s1. The molecular formula is C24H26N6. The first kappa shape index (κ1) is 18.9. The Morgan fingerprint density at radius 2 is 1.80 bits per heavy atom. The molecule has 0 saturated carbocycles. The summed E-state index contributed by atoms with van der Waals surface area (Å²) < 4.78 is 1.91. The number of hydrogen-bond donors (Lipinski definition) is 0. The number of piperazine rings is 1. The van der Waals surface area contributed by atoms with E-state index in [0.29, 0.717) is 0 Å². The fourth-order valence-electron chi connectivity index (χ4n) is 4.16. The molecule has 1 saturated heterocycles. The Hall–Kier alpha value is -3.09. The highest BCUT2D eigenvalue weighted by Gasteiger charge is 2.29. The highest BCUT2D eigenvalue weighted by Crippen LogP contribution is 2.28. The van der Waals surface area contributed by atoms with Crippen molar-refractivity contribution in [3.8, 4) is 11.1 Å². The van der Waals surface area contributed by atoms with Crippen LogP contribution in [0, 0.1) is 6.92 Å². The Labute approximate surface area is 176 Å². The minimum atomic E-state index is 0.213. The lowest BCUT2D eigenvalue weighted by Gasteiger charge is -2.38. The lowest BCUT2D eigenvalue weighted by atomic mass is 10.0. The second-order valence-corrected chi connectivity index (χ2v) is 8.14. The van der Waals surface area contributed by atoms with Crippen LogP contribution in [0.2, 0.25) is 0 Å². The minimum Gasteiger partial charge on any atom is -0.295 e. The molecule has 0 aliphatic carbocycles. The number of fused-ring (bicyclic) bond motifs is 1. The summed E-state index contributed by atoms with van der Waals surface area (Å²) in [5.41, 5.74) is 6.82. The van der Waals surface area contributed by atoms with Gasteiger partial charge < -0.3 is 0 Å². The van der Waals surface area contributed by atoms with Crippen LogP contribution in [0.25, 0.3) is 16.6 Å². The summed E-state index contributed by atoms with van der Waals surface area (Å²) in [6.07, 6.45) is 3.94. The van der Waals surface area contributed by atoms with Gasteiger partial charge in [0.2, 0.25) is 0 Å². The number of benzene rings is 1. The van der Waals surface area contributed by atoms with E-state index < -0.39 is 0 Å². The second-order valence-electron chi connectivity index (χ2n) is 8.14. The Morgan fingerprint density at radius 3 is 2.60 bits per heavy atom. The van der Waals surface area contributed by atoms with Gasteiger partial charge in [-0.1, -0.05) is 47.2 Å². The van der Waals surface area contributed by atoms with Gasteiger partial charge in [0, 0.05) is 44.1 Å². The van der Waals surface area contributed by atoms with Gasteiger partial charge in [-0.15, -0.1) is 5.10 Å². The zero-order chi connectivity index (χ0) is 20.5. The van der Waals surface area contributed by atoms with E-state index in [9.17, 15) is 0 Å². The number of aromatic nitrogens is 4. The van der Waals surface area contributed by atoms with Crippen molar-refractivity contribution in [1.82, 2.24) is 29.6 Å². The smallest absolute Gasteiger partial charge is 0.109 e. The maximum atomic E-state index is 4.59. The predicted molar refractivity (Wildman–Crippen MR) is 118 cm³/mol. The number of pyridine rings is 2. The molecule has 0 bridgehead atoms. The van der Waals surface area contributed by atoms with Crippen molar-refractivity contribution in [3.63, 3.8) is 0 Å². The molecule has 1 aliphatic heterocycles. The molecular weight excluding hydrogens is 372 g/mol. The summed E-state index contributed by atoms with van der Waals surface area (Å²) in [7, 11) is 2.18. The van der Waals surface area contributed by atoms with Crippen molar-refractivity contribution in [3.05, 3.63) is 83.9 Å². The average Bonchev–Trinajstić information content (AvgIpc) is 3.19. The minimum absolute atomic E-state index is 0.213. The molecule has 6 nitrogen and oxygen atoms in total. The molecule has 1 fully saturated rings. The summed E-state index contributed by atoms with van der Waals surface area (Å²) in [4.78, 5) is 9.33. The Bertz CT molecular complexity index is 1140. The monoisotopic (exact) mass is 398 g/mol. The Kier molecular flexibility index (Phi) is 5.02. The van der Waals surface area contributed by atoms with Crippen molar-refractivity contribution in [2.45, 2.75) is 19.5 Å². The molecule has 0 spiro atoms. The number of aryl methyl sites for hydroxylation is 1. The molecule has 0 unspecified atom stereocenters. The van der Waals surface area contributed by atoms with E-state index in [1.54, 1.807) is 0 Å². The molecule has 152 valence electrons. The number of rotatable bonds is 4. The van der Waals surface area contributed by atoms with E-state index in [1.165, 1.54) is 11.1 Å². The molecule has 0 amide bonds. The van der Waals surface area contributed by atoms with Gasteiger partial charge in [0.15, 0.2) is 0 Å². The third-order valence-corrected chi connectivity index (χ3v) is 5.98. The third kappa shape index (κ3) is 3.72. The summed E-state index contributed by atoms with van der Waals surface area (Å²) in [6.45, 7) is 5.91. The van der Waals surface area contributed by atoms with Gasteiger partial charge in [-0.2, -0.15) is 0 Å². The van der Waals surface area contributed by atoms with Crippen LogP contribution >= 0.6 is 0 Å². The van der Waals surface area contributed by atoms with Crippen LogP contribution in [-0.4, -0.2) is 56.3 Å². The van der Waals surface area contributed by atoms with Gasteiger partial charge in [-0.05, 0) is 37.7 Å². The van der Waals surface area contributed by atoms with Crippen LogP contribution in [0.4, 0.5) is 0 Å². The molecule has 0 N–H and O–H groups in total. The molecule has 5 rings (SSSR count). The summed E-state index contributed by atoms with van der Waals surface area (Å²) in [5.74, 6) is 0. The first-order valence-corrected chi connectivity index (χ1v) is 10.4. The van der Waals surface area contributed by atoms with Crippen molar-refractivity contribution >= 4 is 5.52 Å². The SMILES string of the molecule is Cc1ccc(-c2ccc3c([C@@H]4CN(Cc5ccccn5)CCN4C)nnn3c2)cc1. The largest absolute Gasteiger partial charge is 0.295 e. The molecule has 1 aliphatic rings. The predicted octanol–water partition coefficient (Wildman–Crippen LogP) is 3.59. The van der Waals surface area contributed by atoms with Gasteiger partial charge in [0.05, 0.1) is 17.3 Å². The molecule has 0 radical (unpaired) electrons. The van der Waals surface area contributed by atoms with Crippen molar-refractivity contribution < 1.29 is 0 Å². The fourth-order valence-corrected chi connectivity index (χ4v) is 4.16. The summed E-state index contributed by atoms with van der Waals surface area (Å²) >= 11 is 0. The van der Waals surface area contributed by atoms with Crippen LogP contribution in [0.3, 0.4) is 0 Å². The van der Waals surface area contributed by atoms with Gasteiger partial charge in [0.25, 0.3) is 0 Å². The maximum absolute atomic E-state index is 4.59. The van der Waals surface area contributed by atoms with E-state index in [4.69, 9.17) is 0 Å². The number of likely N-dealkylation sites (N-methyl/N-ethyl adjacent to an activating group) is 1. The topological polar surface area (TPSA) is 49.6 Å². The van der Waals surface area contributed by atoms with Crippen LogP contribution in [0.1, 0.15) is 23.0 Å². The molecule has 4 aromatic rings. The van der Waals surface area contributed by atoms with Gasteiger partial charge >= 0.3 is 0 Å². The van der Waals surface area contributed by atoms with Crippen LogP contribution < -0.4 is 0 Å². The molecule has 1 aromatic carbocycles. The van der Waals surface area contributed by atoms with Crippen LogP contribution in [-0.2, 0) is 6.54 Å². The van der Waals surface area contributed by atoms with Gasteiger partial charge in [-0.3, -0.25) is 14.8 Å². The van der Waals surface area contributed by atoms with Crippen molar-refractivity contribution in [1.29, 1.82) is 0 Å². The zero-order valence-electron chi connectivity index (χ0n) is 17.4. The van der Waals surface area contributed by atoms with Gasteiger partial charge in [0.1, 0.15) is 5.69 Å². The zero-order valence-corrected chi connectivity index (χ0v) is 17.4. The van der Waals surface area contributed by atoms with Crippen LogP contribution in [0.5, 0.6) is 0 Å².